The van der Waals surface area contributed by atoms with E-state index in [0.717, 1.165) is 13.2 Å². The average Bonchev–Trinajstić information content (AvgIpc) is 2.72. The van der Waals surface area contributed by atoms with Gasteiger partial charge in [-0.3, -0.25) is 17.2 Å². The number of ether oxygens (including phenoxy) is 2. The predicted octanol–water partition coefficient (Wildman–Crippen LogP) is 0.426. The minimum absolute atomic E-state index is 0.0437. The normalized spacial score (nSPS) is 16.4. The van der Waals surface area contributed by atoms with Crippen molar-refractivity contribution in [3.63, 3.8) is 0 Å². The van der Waals surface area contributed by atoms with Crippen LogP contribution in [0.3, 0.4) is 0 Å². The summed E-state index contributed by atoms with van der Waals surface area (Å²) < 4.78 is 51.5. The lowest BCUT2D eigenvalue weighted by molar-refractivity contribution is -0.982. The summed E-state index contributed by atoms with van der Waals surface area (Å²) in [6.07, 6.45) is -8.78. The number of hydrogen-bond donors (Lipinski definition) is 4. The smallest absolute Gasteiger partial charge is 0.475 e. The fraction of sp³-hybridized carbons (Fsp3) is 0.438. The van der Waals surface area contributed by atoms with Gasteiger partial charge in [0.2, 0.25) is 19.3 Å². The molecule has 1 aliphatic rings. The van der Waals surface area contributed by atoms with Gasteiger partial charge in [-0.15, -0.1) is 0 Å². The number of carbonyl (C=O) groups is 1. The number of alkyl halides is 3. The number of esters is 1. The Hall–Kier alpha value is -3.22. The van der Waals surface area contributed by atoms with E-state index in [2.05, 4.69) is 30.4 Å². The summed E-state index contributed by atoms with van der Waals surface area (Å²) >= 11 is 3.13. The minimum Gasteiger partial charge on any atom is -0.475 e. The molecule has 34 heavy (non-hydrogen) atoms. The van der Waals surface area contributed by atoms with E-state index >= 15 is 0 Å². The maximum atomic E-state index is 13.8. The van der Waals surface area contributed by atoms with E-state index in [-0.39, 0.29) is 11.1 Å². The second kappa shape index (κ2) is 10.4. The molecule has 0 spiro atoms. The van der Waals surface area contributed by atoms with Crippen LogP contribution < -0.4 is 21.9 Å². The summed E-state index contributed by atoms with van der Waals surface area (Å²) in [4.78, 5) is 47.0. The first-order chi connectivity index (χ1) is 15.6. The molecule has 0 amide bonds. The number of nitrogens with two attached hydrogens (primary N) is 3. The predicted molar refractivity (Wildman–Crippen MR) is 105 cm³/mol. The largest absolute Gasteiger partial charge is 0.477 e. The third kappa shape index (κ3) is 6.89. The first kappa shape index (κ1) is 27.0. The van der Waals surface area contributed by atoms with E-state index in [1.54, 1.807) is 0 Å². The molecule has 18 heteroatoms. The monoisotopic (exact) mass is 561 g/mol. The van der Waals surface area contributed by atoms with Crippen LogP contribution in [0.1, 0.15) is 11.1 Å². The molecule has 0 radical (unpaired) electrons. The SMILES string of the molecule is CO[N+](=O)OCC(CO[N+](=O)O)OC(=O)C1=Cc2cc(Br)cc(C(N)(N)N)c2OC1C(F)(F)F. The quantitative estimate of drug-likeness (QED) is 0.174. The zero-order chi connectivity index (χ0) is 25.8. The van der Waals surface area contributed by atoms with Crippen LogP contribution in [0.25, 0.3) is 6.08 Å². The highest BCUT2D eigenvalue weighted by atomic mass is 79.9. The Morgan fingerprint density at radius 2 is 1.85 bits per heavy atom. The van der Waals surface area contributed by atoms with E-state index in [9.17, 15) is 27.8 Å². The molecule has 1 aromatic rings. The molecule has 7 N–H and O–H groups in total. The lowest BCUT2D eigenvalue weighted by Gasteiger charge is -2.32. The molecule has 2 unspecified atom stereocenters. The highest BCUT2D eigenvalue weighted by Gasteiger charge is 2.50. The van der Waals surface area contributed by atoms with Gasteiger partial charge in [-0.1, -0.05) is 15.9 Å². The van der Waals surface area contributed by atoms with Crippen molar-refractivity contribution >= 4 is 28.0 Å². The Balaban J connectivity index is 2.44. The second-order valence-electron chi connectivity index (χ2n) is 6.71. The fourth-order valence-corrected chi connectivity index (χ4v) is 3.16. The molecule has 2 atom stereocenters. The Kier molecular flexibility index (Phi) is 8.24. The third-order valence-electron chi connectivity index (χ3n) is 4.07. The topological polar surface area (TPSA) is 202 Å². The zero-order valence-corrected chi connectivity index (χ0v) is 18.7. The molecule has 1 heterocycles. The van der Waals surface area contributed by atoms with Gasteiger partial charge in [0, 0.05) is 15.6 Å². The summed E-state index contributed by atoms with van der Waals surface area (Å²) in [7, 11) is 0.929. The van der Waals surface area contributed by atoms with Crippen molar-refractivity contribution in [2.24, 2.45) is 17.2 Å². The number of benzene rings is 1. The van der Waals surface area contributed by atoms with Gasteiger partial charge in [0.1, 0.15) is 21.4 Å². The standard InChI is InChI=1S/C16H19BrF3N5O9/c1-30-25(29)32-6-9(5-31-24(27)28)33-14(26)10-3-7-2-8(17)4-11(16(21,22)23)12(7)34-13(10)15(18,19)20/h2-4,9,13H,5-6,21-23H2,1H3,(H,27,28)/q+2. The van der Waals surface area contributed by atoms with Crippen LogP contribution >= 0.6 is 15.9 Å². The molecule has 1 aliphatic heterocycles. The van der Waals surface area contributed by atoms with E-state index < -0.39 is 64.8 Å². The Morgan fingerprint density at radius 1 is 1.24 bits per heavy atom. The Morgan fingerprint density at radius 3 is 2.38 bits per heavy atom. The van der Waals surface area contributed by atoms with Gasteiger partial charge in [0.25, 0.3) is 0 Å². The van der Waals surface area contributed by atoms with E-state index in [0.29, 0.717) is 4.47 Å². The molecule has 0 saturated heterocycles. The van der Waals surface area contributed by atoms with Crippen LogP contribution in [0, 0.1) is 9.81 Å². The summed E-state index contributed by atoms with van der Waals surface area (Å²) in [6.45, 7) is -1.74. The minimum atomic E-state index is -5.12. The van der Waals surface area contributed by atoms with Crippen molar-refractivity contribution in [2.45, 2.75) is 24.2 Å². The first-order valence-corrected chi connectivity index (χ1v) is 9.72. The zero-order valence-electron chi connectivity index (χ0n) is 17.2. The molecule has 0 aromatic heterocycles. The average molecular weight is 562 g/mol. The first-order valence-electron chi connectivity index (χ1n) is 8.93. The van der Waals surface area contributed by atoms with Gasteiger partial charge >= 0.3 is 22.3 Å². The summed E-state index contributed by atoms with van der Waals surface area (Å²) in [5, 5.41) is 7.13. The van der Waals surface area contributed by atoms with Crippen molar-refractivity contribution in [1.82, 2.24) is 0 Å². The maximum absolute atomic E-state index is 13.8. The van der Waals surface area contributed by atoms with Crippen molar-refractivity contribution in [1.29, 1.82) is 0 Å². The number of hydrogen-bond acceptors (Lipinski definition) is 11. The van der Waals surface area contributed by atoms with Gasteiger partial charge in [0.05, 0.1) is 5.57 Å². The van der Waals surface area contributed by atoms with Crippen LogP contribution in [-0.4, -0.2) is 60.1 Å². The second-order valence-corrected chi connectivity index (χ2v) is 7.62. The fourth-order valence-electron chi connectivity index (χ4n) is 2.69. The van der Waals surface area contributed by atoms with E-state index in [4.69, 9.17) is 31.9 Å². The van der Waals surface area contributed by atoms with Crippen LogP contribution in [-0.2, 0) is 29.8 Å². The highest BCUT2D eigenvalue weighted by Crippen LogP contribution is 2.42. The molecule has 14 nitrogen and oxygen atoms in total. The van der Waals surface area contributed by atoms with Gasteiger partial charge in [-0.05, 0) is 18.2 Å². The number of halogens is 4. The van der Waals surface area contributed by atoms with Crippen molar-refractivity contribution in [2.75, 3.05) is 20.3 Å². The van der Waals surface area contributed by atoms with Crippen LogP contribution in [0.5, 0.6) is 5.75 Å². The highest BCUT2D eigenvalue weighted by molar-refractivity contribution is 9.10. The van der Waals surface area contributed by atoms with Crippen LogP contribution in [0.4, 0.5) is 13.2 Å². The molecule has 0 saturated carbocycles. The number of fused-ring (bicyclic) bond motifs is 1. The Bertz CT molecular complexity index is 1000. The molecule has 0 fully saturated rings. The lowest BCUT2D eigenvalue weighted by Crippen LogP contribution is -2.55. The van der Waals surface area contributed by atoms with Gasteiger partial charge in [-0.25, -0.2) is 10.0 Å². The molecule has 0 bridgehead atoms. The maximum Gasteiger partial charge on any atom is 0.477 e. The number of nitrogens with zero attached hydrogens (tertiary/aromatic N) is 2. The van der Waals surface area contributed by atoms with Gasteiger partial charge < -0.3 is 9.47 Å². The van der Waals surface area contributed by atoms with E-state index in [1.165, 1.54) is 12.1 Å². The van der Waals surface area contributed by atoms with Crippen LogP contribution in [0.15, 0.2) is 22.2 Å². The molecular formula is C16H19BrF3N5O9+2. The van der Waals surface area contributed by atoms with E-state index in [1.807, 2.05) is 0 Å². The van der Waals surface area contributed by atoms with Gasteiger partial charge in [-0.2, -0.15) is 27.7 Å². The summed E-state index contributed by atoms with van der Waals surface area (Å²) in [5.41, 5.74) is 15.7. The van der Waals surface area contributed by atoms with Crippen molar-refractivity contribution in [3.05, 3.63) is 43.1 Å². The molecular weight excluding hydrogens is 543 g/mol. The number of carbonyl (C=O) groups excluding carboxylic acids is 1. The van der Waals surface area contributed by atoms with Gasteiger partial charge in [0.15, 0.2) is 13.2 Å². The number of rotatable bonds is 10. The molecule has 1 aromatic carbocycles. The Labute approximate surface area is 196 Å². The van der Waals surface area contributed by atoms with Crippen molar-refractivity contribution < 1.29 is 57.3 Å². The lowest BCUT2D eigenvalue weighted by atomic mass is 9.96. The summed E-state index contributed by atoms with van der Waals surface area (Å²) in [6, 6.07) is 2.56. The molecule has 2 rings (SSSR count). The molecule has 0 aliphatic carbocycles. The third-order valence-corrected chi connectivity index (χ3v) is 4.53. The molecule has 188 valence electrons. The summed E-state index contributed by atoms with van der Waals surface area (Å²) in [5.74, 6) is -4.07. The van der Waals surface area contributed by atoms with Crippen molar-refractivity contribution in [3.8, 4) is 5.75 Å². The van der Waals surface area contributed by atoms with Crippen LogP contribution in [0.2, 0.25) is 0 Å².